The van der Waals surface area contributed by atoms with Crippen LogP contribution in [0.2, 0.25) is 0 Å². The summed E-state index contributed by atoms with van der Waals surface area (Å²) < 4.78 is 40.2. The predicted octanol–water partition coefficient (Wildman–Crippen LogP) is 0.953. The van der Waals surface area contributed by atoms with Crippen molar-refractivity contribution in [3.63, 3.8) is 0 Å². The molecule has 1 amide bonds. The Balaban J connectivity index is 2.95. The second kappa shape index (κ2) is 3.48. The number of alkyl halides is 3. The van der Waals surface area contributed by atoms with E-state index in [-0.39, 0.29) is 0 Å². The van der Waals surface area contributed by atoms with Crippen LogP contribution in [-0.4, -0.2) is 16.1 Å². The molecular formula is C6H4F3N3O2. The fraction of sp³-hybridized carbons (Fsp3) is 0.167. The standard InChI is InChI=1S/C6H4F3N3O2/c7-6(8,9)3-1-11-2-4(12-3)14-5(10)13/h1-2H,(H2,10,13). The van der Waals surface area contributed by atoms with Gasteiger partial charge in [-0.15, -0.1) is 0 Å². The van der Waals surface area contributed by atoms with Crippen LogP contribution in [-0.2, 0) is 6.18 Å². The lowest BCUT2D eigenvalue weighted by atomic mass is 10.4. The Kier molecular flexibility index (Phi) is 2.54. The Bertz CT molecular complexity index is 352. The summed E-state index contributed by atoms with van der Waals surface area (Å²) in [4.78, 5) is 16.3. The van der Waals surface area contributed by atoms with Crippen molar-refractivity contribution in [1.82, 2.24) is 9.97 Å². The number of hydrogen-bond donors (Lipinski definition) is 1. The van der Waals surface area contributed by atoms with Crippen molar-refractivity contribution in [2.45, 2.75) is 6.18 Å². The van der Waals surface area contributed by atoms with Crippen molar-refractivity contribution in [1.29, 1.82) is 0 Å². The summed E-state index contributed by atoms with van der Waals surface area (Å²) in [5.41, 5.74) is 3.32. The SMILES string of the molecule is NC(=O)Oc1cncc(C(F)(F)F)n1. The molecule has 1 aromatic heterocycles. The van der Waals surface area contributed by atoms with Crippen LogP contribution in [0.1, 0.15) is 5.69 Å². The minimum atomic E-state index is -4.63. The van der Waals surface area contributed by atoms with Gasteiger partial charge >= 0.3 is 12.3 Å². The molecule has 0 saturated carbocycles. The number of rotatable bonds is 1. The summed E-state index contributed by atoms with van der Waals surface area (Å²) in [6, 6.07) is 0. The van der Waals surface area contributed by atoms with E-state index >= 15 is 0 Å². The molecule has 0 spiro atoms. The number of amides is 1. The van der Waals surface area contributed by atoms with E-state index in [1.54, 1.807) is 0 Å². The molecule has 0 unspecified atom stereocenters. The number of hydrogen-bond acceptors (Lipinski definition) is 4. The van der Waals surface area contributed by atoms with Gasteiger partial charge in [-0.05, 0) is 0 Å². The van der Waals surface area contributed by atoms with Gasteiger partial charge in [0.15, 0.2) is 5.69 Å². The highest BCUT2D eigenvalue weighted by atomic mass is 19.4. The summed E-state index contributed by atoms with van der Waals surface area (Å²) >= 11 is 0. The zero-order valence-corrected chi connectivity index (χ0v) is 6.58. The van der Waals surface area contributed by atoms with Crippen LogP contribution < -0.4 is 10.5 Å². The van der Waals surface area contributed by atoms with Crippen LogP contribution in [0, 0.1) is 0 Å². The van der Waals surface area contributed by atoms with E-state index in [1.165, 1.54) is 0 Å². The van der Waals surface area contributed by atoms with Gasteiger partial charge in [-0.25, -0.2) is 9.78 Å². The fourth-order valence-electron chi connectivity index (χ4n) is 0.637. The van der Waals surface area contributed by atoms with Crippen LogP contribution in [0.25, 0.3) is 0 Å². The van der Waals surface area contributed by atoms with Gasteiger partial charge in [0.05, 0.1) is 12.4 Å². The first kappa shape index (κ1) is 10.2. The van der Waals surface area contributed by atoms with Gasteiger partial charge in [0, 0.05) is 0 Å². The van der Waals surface area contributed by atoms with Crippen molar-refractivity contribution >= 4 is 6.09 Å². The molecule has 1 heterocycles. The molecule has 0 radical (unpaired) electrons. The van der Waals surface area contributed by atoms with E-state index in [9.17, 15) is 18.0 Å². The summed E-state index contributed by atoms with van der Waals surface area (Å²) in [6.45, 7) is 0. The number of carbonyl (C=O) groups is 1. The van der Waals surface area contributed by atoms with E-state index in [0.29, 0.717) is 6.20 Å². The molecule has 0 aliphatic heterocycles. The highest BCUT2D eigenvalue weighted by Crippen LogP contribution is 2.27. The Hall–Kier alpha value is -1.86. The Morgan fingerprint density at radius 2 is 2.07 bits per heavy atom. The maximum atomic E-state index is 12.0. The number of ether oxygens (including phenoxy) is 1. The van der Waals surface area contributed by atoms with Gasteiger partial charge in [-0.1, -0.05) is 0 Å². The minimum absolute atomic E-state index is 0.508. The molecule has 5 nitrogen and oxygen atoms in total. The third kappa shape index (κ3) is 2.57. The maximum absolute atomic E-state index is 12.0. The lowest BCUT2D eigenvalue weighted by Crippen LogP contribution is -2.18. The van der Waals surface area contributed by atoms with Gasteiger partial charge in [-0.3, -0.25) is 4.98 Å². The smallest absolute Gasteiger partial charge is 0.390 e. The molecular weight excluding hydrogens is 203 g/mol. The molecule has 1 rings (SSSR count). The lowest BCUT2D eigenvalue weighted by Gasteiger charge is -2.05. The largest absolute Gasteiger partial charge is 0.435 e. The van der Waals surface area contributed by atoms with Gasteiger partial charge in [-0.2, -0.15) is 13.2 Å². The molecule has 76 valence electrons. The second-order valence-corrected chi connectivity index (χ2v) is 2.16. The molecule has 14 heavy (non-hydrogen) atoms. The first-order valence-corrected chi connectivity index (χ1v) is 3.26. The van der Waals surface area contributed by atoms with Crippen LogP contribution in [0.4, 0.5) is 18.0 Å². The minimum Gasteiger partial charge on any atom is -0.390 e. The third-order valence-electron chi connectivity index (χ3n) is 1.11. The van der Waals surface area contributed by atoms with E-state index in [1.807, 2.05) is 0 Å². The number of carbonyl (C=O) groups excluding carboxylic acids is 1. The molecule has 0 aromatic carbocycles. The summed E-state index contributed by atoms with van der Waals surface area (Å²) in [5.74, 6) is -0.590. The zero-order chi connectivity index (χ0) is 10.8. The first-order valence-electron chi connectivity index (χ1n) is 3.26. The summed E-state index contributed by atoms with van der Waals surface area (Å²) in [5, 5.41) is 0. The van der Waals surface area contributed by atoms with Crippen molar-refractivity contribution in [3.05, 3.63) is 18.1 Å². The molecule has 2 N–H and O–H groups in total. The van der Waals surface area contributed by atoms with E-state index in [4.69, 9.17) is 0 Å². The average molecular weight is 207 g/mol. The predicted molar refractivity (Wildman–Crippen MR) is 37.2 cm³/mol. The van der Waals surface area contributed by atoms with Crippen LogP contribution in [0.5, 0.6) is 5.88 Å². The molecule has 0 aliphatic carbocycles. The molecule has 1 aromatic rings. The molecule has 0 aliphatic rings. The van der Waals surface area contributed by atoms with E-state index < -0.39 is 23.8 Å². The van der Waals surface area contributed by atoms with Gasteiger partial charge in [0.25, 0.3) is 0 Å². The second-order valence-electron chi connectivity index (χ2n) is 2.16. The Morgan fingerprint density at radius 1 is 1.43 bits per heavy atom. The van der Waals surface area contributed by atoms with Crippen molar-refractivity contribution in [3.8, 4) is 5.88 Å². The third-order valence-corrected chi connectivity index (χ3v) is 1.11. The van der Waals surface area contributed by atoms with Crippen molar-refractivity contribution in [2.24, 2.45) is 5.73 Å². The Morgan fingerprint density at radius 3 is 2.57 bits per heavy atom. The number of primary amides is 1. The lowest BCUT2D eigenvalue weighted by molar-refractivity contribution is -0.141. The monoisotopic (exact) mass is 207 g/mol. The van der Waals surface area contributed by atoms with Gasteiger partial charge in [0.2, 0.25) is 5.88 Å². The van der Waals surface area contributed by atoms with E-state index in [0.717, 1.165) is 6.20 Å². The molecule has 0 fully saturated rings. The zero-order valence-electron chi connectivity index (χ0n) is 6.58. The number of nitrogens with two attached hydrogens (primary N) is 1. The quantitative estimate of drug-likeness (QED) is 0.743. The maximum Gasteiger partial charge on any atom is 0.435 e. The van der Waals surface area contributed by atoms with Crippen LogP contribution in [0.15, 0.2) is 12.4 Å². The fourth-order valence-corrected chi connectivity index (χ4v) is 0.637. The first-order chi connectivity index (χ1) is 6.39. The highest BCUT2D eigenvalue weighted by Gasteiger charge is 2.33. The highest BCUT2D eigenvalue weighted by molar-refractivity contribution is 5.67. The topological polar surface area (TPSA) is 78.1 Å². The van der Waals surface area contributed by atoms with E-state index in [2.05, 4.69) is 20.4 Å². The normalized spacial score (nSPS) is 11.1. The van der Waals surface area contributed by atoms with Crippen molar-refractivity contribution in [2.75, 3.05) is 0 Å². The number of halogens is 3. The summed E-state index contributed by atoms with van der Waals surface area (Å²) in [7, 11) is 0. The van der Waals surface area contributed by atoms with Gasteiger partial charge in [0.1, 0.15) is 0 Å². The summed E-state index contributed by atoms with van der Waals surface area (Å²) in [6.07, 6.45) is -4.53. The molecule has 0 atom stereocenters. The molecule has 0 bridgehead atoms. The Labute approximate surface area is 75.7 Å². The van der Waals surface area contributed by atoms with Gasteiger partial charge < -0.3 is 10.5 Å². The number of aromatic nitrogens is 2. The van der Waals surface area contributed by atoms with Crippen LogP contribution in [0.3, 0.4) is 0 Å². The van der Waals surface area contributed by atoms with Crippen molar-refractivity contribution < 1.29 is 22.7 Å². The average Bonchev–Trinajstić information content (AvgIpc) is 2.01. The molecule has 0 saturated heterocycles. The van der Waals surface area contributed by atoms with Crippen LogP contribution >= 0.6 is 0 Å². The molecule has 8 heteroatoms. The number of nitrogens with zero attached hydrogens (tertiary/aromatic N) is 2.